The highest BCUT2D eigenvalue weighted by atomic mass is 16.5. The maximum atomic E-state index is 12.3. The van der Waals surface area contributed by atoms with Crippen molar-refractivity contribution in [3.8, 4) is 35.1 Å². The second-order valence-corrected chi connectivity index (χ2v) is 7.80. The van der Waals surface area contributed by atoms with Crippen molar-refractivity contribution in [3.05, 3.63) is 119 Å². The molecule has 0 aromatic heterocycles. The Kier molecular flexibility index (Phi) is 8.31. The smallest absolute Gasteiger partial charge is 0.343 e. The van der Waals surface area contributed by atoms with Gasteiger partial charge in [-0.15, -0.1) is 0 Å². The average molecular weight is 504 g/mol. The van der Waals surface area contributed by atoms with Crippen molar-refractivity contribution in [2.75, 3.05) is 13.2 Å². The van der Waals surface area contributed by atoms with Gasteiger partial charge in [-0.3, -0.25) is 0 Å². The van der Waals surface area contributed by atoms with Crippen LogP contribution in [0, 0.1) is 22.7 Å². The number of hydrogen-bond acceptors (Lipinski definition) is 8. The van der Waals surface area contributed by atoms with Gasteiger partial charge in [-0.1, -0.05) is 0 Å². The molecular formula is C30H20N2O6. The van der Waals surface area contributed by atoms with Gasteiger partial charge < -0.3 is 18.9 Å². The van der Waals surface area contributed by atoms with Crippen molar-refractivity contribution in [2.24, 2.45) is 0 Å². The molecule has 8 heteroatoms. The summed E-state index contributed by atoms with van der Waals surface area (Å²) in [5, 5.41) is 17.7. The number of rotatable bonds is 9. The van der Waals surface area contributed by atoms with Crippen molar-refractivity contribution >= 4 is 11.9 Å². The molecule has 0 unspecified atom stereocenters. The molecule has 4 aromatic rings. The molecule has 8 nitrogen and oxygen atoms in total. The monoisotopic (exact) mass is 504 g/mol. The average Bonchev–Trinajstić information content (AvgIpc) is 2.96. The van der Waals surface area contributed by atoms with Crippen molar-refractivity contribution in [3.63, 3.8) is 0 Å². The molecule has 0 N–H and O–H groups in total. The third-order valence-electron chi connectivity index (χ3n) is 5.19. The maximum absolute atomic E-state index is 12.3. The van der Waals surface area contributed by atoms with Crippen LogP contribution in [0.3, 0.4) is 0 Å². The topological polar surface area (TPSA) is 119 Å². The minimum absolute atomic E-state index is 0.261. The van der Waals surface area contributed by atoms with Crippen molar-refractivity contribution < 1.29 is 28.5 Å². The first-order valence-electron chi connectivity index (χ1n) is 11.4. The molecule has 0 saturated heterocycles. The molecule has 0 aliphatic carbocycles. The van der Waals surface area contributed by atoms with Gasteiger partial charge in [0.25, 0.3) is 0 Å². The molecule has 186 valence electrons. The molecule has 0 heterocycles. The molecule has 4 aromatic carbocycles. The molecule has 0 spiro atoms. The summed E-state index contributed by atoms with van der Waals surface area (Å²) < 4.78 is 21.9. The Morgan fingerprint density at radius 2 is 0.816 bits per heavy atom. The Bertz CT molecular complexity index is 1360. The summed E-state index contributed by atoms with van der Waals surface area (Å²) in [7, 11) is 0. The van der Waals surface area contributed by atoms with Crippen LogP contribution in [-0.4, -0.2) is 25.2 Å². The lowest BCUT2D eigenvalue weighted by Gasteiger charge is -2.10. The lowest BCUT2D eigenvalue weighted by molar-refractivity contribution is 0.0725. The number of nitriles is 2. The summed E-state index contributed by atoms with van der Waals surface area (Å²) in [6.45, 7) is 0.523. The molecule has 0 fully saturated rings. The quantitative estimate of drug-likeness (QED) is 0.171. The zero-order valence-corrected chi connectivity index (χ0v) is 20.0. The molecular weight excluding hydrogens is 484 g/mol. The van der Waals surface area contributed by atoms with Gasteiger partial charge in [-0.05, 0) is 97.1 Å². The largest absolute Gasteiger partial charge is 0.490 e. The second kappa shape index (κ2) is 12.4. The lowest BCUT2D eigenvalue weighted by Crippen LogP contribution is -2.11. The molecule has 0 aliphatic heterocycles. The van der Waals surface area contributed by atoms with Crippen LogP contribution >= 0.6 is 0 Å². The van der Waals surface area contributed by atoms with E-state index < -0.39 is 11.9 Å². The Labute approximate surface area is 218 Å². The summed E-state index contributed by atoms with van der Waals surface area (Å²) in [6, 6.07) is 29.5. The summed E-state index contributed by atoms with van der Waals surface area (Å²) in [5.41, 5.74) is 1.67. The fourth-order valence-corrected chi connectivity index (χ4v) is 3.22. The van der Waals surface area contributed by atoms with Gasteiger partial charge in [0.2, 0.25) is 0 Å². The first kappa shape index (κ1) is 25.5. The number of benzene rings is 4. The predicted octanol–water partition coefficient (Wildman–Crippen LogP) is 5.33. The summed E-state index contributed by atoms with van der Waals surface area (Å²) >= 11 is 0. The fourth-order valence-electron chi connectivity index (χ4n) is 3.22. The molecule has 0 amide bonds. The molecule has 0 radical (unpaired) electrons. The van der Waals surface area contributed by atoms with Crippen LogP contribution in [0.1, 0.15) is 31.8 Å². The molecule has 0 bridgehead atoms. The van der Waals surface area contributed by atoms with E-state index >= 15 is 0 Å². The number of ether oxygens (including phenoxy) is 4. The summed E-state index contributed by atoms with van der Waals surface area (Å²) in [4.78, 5) is 24.6. The zero-order chi connectivity index (χ0) is 26.7. The normalized spacial score (nSPS) is 9.95. The number of hydrogen-bond donors (Lipinski definition) is 0. The van der Waals surface area contributed by atoms with Gasteiger partial charge >= 0.3 is 11.9 Å². The molecule has 0 aliphatic rings. The van der Waals surface area contributed by atoms with Crippen molar-refractivity contribution in [1.82, 2.24) is 0 Å². The van der Waals surface area contributed by atoms with Gasteiger partial charge in [0, 0.05) is 0 Å². The Hall–Kier alpha value is -5.60. The molecule has 4 rings (SSSR count). The van der Waals surface area contributed by atoms with Gasteiger partial charge in [0.1, 0.15) is 36.2 Å². The van der Waals surface area contributed by atoms with Crippen molar-refractivity contribution in [1.29, 1.82) is 10.5 Å². The zero-order valence-electron chi connectivity index (χ0n) is 20.0. The standard InChI is InChI=1S/C30H20N2O6/c31-19-21-1-9-27(10-2-21)37-29(33)23-5-13-25(14-6-23)35-17-18-36-26-15-7-24(8-16-26)30(34)38-28-11-3-22(20-32)4-12-28/h1-16H,17-18H2. The third kappa shape index (κ3) is 6.97. The van der Waals surface area contributed by atoms with E-state index in [-0.39, 0.29) is 13.2 Å². The van der Waals surface area contributed by atoms with Crippen LogP contribution in [-0.2, 0) is 0 Å². The first-order chi connectivity index (χ1) is 18.5. The van der Waals surface area contributed by atoms with E-state index in [0.717, 1.165) is 0 Å². The van der Waals surface area contributed by atoms with E-state index in [9.17, 15) is 9.59 Å². The molecule has 38 heavy (non-hydrogen) atoms. The maximum Gasteiger partial charge on any atom is 0.343 e. The van der Waals surface area contributed by atoms with Gasteiger partial charge in [-0.2, -0.15) is 10.5 Å². The Morgan fingerprint density at radius 1 is 0.500 bits per heavy atom. The van der Waals surface area contributed by atoms with Crippen LogP contribution in [0.5, 0.6) is 23.0 Å². The van der Waals surface area contributed by atoms with E-state index in [2.05, 4.69) is 0 Å². The van der Waals surface area contributed by atoms with Crippen LogP contribution in [0.25, 0.3) is 0 Å². The third-order valence-corrected chi connectivity index (χ3v) is 5.19. The number of esters is 2. The Balaban J connectivity index is 1.20. The first-order valence-corrected chi connectivity index (χ1v) is 11.4. The Morgan fingerprint density at radius 3 is 1.13 bits per heavy atom. The molecule has 0 atom stereocenters. The van der Waals surface area contributed by atoms with E-state index in [1.165, 1.54) is 0 Å². The fraction of sp³-hybridized carbons (Fsp3) is 0.0667. The van der Waals surface area contributed by atoms with E-state index in [1.807, 2.05) is 12.1 Å². The minimum Gasteiger partial charge on any atom is -0.490 e. The number of carbonyl (C=O) groups excluding carboxylic acids is 2. The SMILES string of the molecule is N#Cc1ccc(OC(=O)c2ccc(OCCOc3ccc(C(=O)Oc4ccc(C#N)cc4)cc3)cc2)cc1. The lowest BCUT2D eigenvalue weighted by atomic mass is 10.2. The van der Waals surface area contributed by atoms with Gasteiger partial charge in [0.05, 0.1) is 34.4 Å². The van der Waals surface area contributed by atoms with Gasteiger partial charge in [0.15, 0.2) is 0 Å². The van der Waals surface area contributed by atoms with Crippen LogP contribution in [0.2, 0.25) is 0 Å². The van der Waals surface area contributed by atoms with Gasteiger partial charge in [-0.25, -0.2) is 9.59 Å². The number of carbonyl (C=O) groups is 2. The molecule has 0 saturated carbocycles. The number of nitrogens with zero attached hydrogens (tertiary/aromatic N) is 2. The van der Waals surface area contributed by atoms with E-state index in [0.29, 0.717) is 45.3 Å². The van der Waals surface area contributed by atoms with Crippen LogP contribution in [0.4, 0.5) is 0 Å². The van der Waals surface area contributed by atoms with E-state index in [4.69, 9.17) is 29.5 Å². The minimum atomic E-state index is -0.520. The van der Waals surface area contributed by atoms with Crippen LogP contribution in [0.15, 0.2) is 97.1 Å². The summed E-state index contributed by atoms with van der Waals surface area (Å²) in [6.07, 6.45) is 0. The predicted molar refractivity (Wildman–Crippen MR) is 136 cm³/mol. The highest BCUT2D eigenvalue weighted by Crippen LogP contribution is 2.18. The van der Waals surface area contributed by atoms with Crippen LogP contribution < -0.4 is 18.9 Å². The second-order valence-electron chi connectivity index (χ2n) is 7.80. The highest BCUT2D eigenvalue weighted by Gasteiger charge is 2.10. The van der Waals surface area contributed by atoms with Crippen molar-refractivity contribution in [2.45, 2.75) is 0 Å². The van der Waals surface area contributed by atoms with E-state index in [1.54, 1.807) is 97.1 Å². The summed E-state index contributed by atoms with van der Waals surface area (Å²) in [5.74, 6) is 0.780. The highest BCUT2D eigenvalue weighted by molar-refractivity contribution is 5.91.